The number of hydrogen-bond donors (Lipinski definition) is 0. The van der Waals surface area contributed by atoms with Gasteiger partial charge in [0, 0.05) is 23.6 Å². The standard InChI is InChI=1S/C16H17NO/c1-3-12(2)9-10-15(18)14-8-4-6-13-7-5-11-17-16(13)14/h3-8,11-12H,1,9-10H2,2H3. The predicted octanol–water partition coefficient (Wildman–Crippen LogP) is 4.02. The average Bonchev–Trinajstić information content (AvgIpc) is 2.43. The van der Waals surface area contributed by atoms with Crippen molar-refractivity contribution in [1.29, 1.82) is 0 Å². The first-order chi connectivity index (χ1) is 8.72. The summed E-state index contributed by atoms with van der Waals surface area (Å²) in [5, 5.41) is 1.01. The fourth-order valence-corrected chi connectivity index (χ4v) is 1.94. The maximum atomic E-state index is 12.2. The molecule has 0 aliphatic carbocycles. The monoisotopic (exact) mass is 239 g/mol. The van der Waals surface area contributed by atoms with Gasteiger partial charge in [-0.2, -0.15) is 0 Å². The lowest BCUT2D eigenvalue weighted by Gasteiger charge is -2.07. The van der Waals surface area contributed by atoms with E-state index in [1.54, 1.807) is 6.20 Å². The van der Waals surface area contributed by atoms with Crippen LogP contribution in [0.5, 0.6) is 0 Å². The summed E-state index contributed by atoms with van der Waals surface area (Å²) in [5.74, 6) is 0.532. The number of nitrogens with zero attached hydrogens (tertiary/aromatic N) is 1. The molecule has 1 aromatic carbocycles. The summed E-state index contributed by atoms with van der Waals surface area (Å²) in [6.07, 6.45) is 4.99. The van der Waals surface area contributed by atoms with Crippen molar-refractivity contribution >= 4 is 16.7 Å². The van der Waals surface area contributed by atoms with Crippen LogP contribution in [-0.4, -0.2) is 10.8 Å². The van der Waals surface area contributed by atoms with Crippen LogP contribution in [0.15, 0.2) is 49.2 Å². The van der Waals surface area contributed by atoms with E-state index in [4.69, 9.17) is 0 Å². The normalized spacial score (nSPS) is 12.3. The third-order valence-corrected chi connectivity index (χ3v) is 3.16. The van der Waals surface area contributed by atoms with E-state index in [0.717, 1.165) is 22.9 Å². The zero-order valence-corrected chi connectivity index (χ0v) is 10.6. The fourth-order valence-electron chi connectivity index (χ4n) is 1.94. The van der Waals surface area contributed by atoms with Crippen molar-refractivity contribution in [1.82, 2.24) is 4.98 Å². The quantitative estimate of drug-likeness (QED) is 0.582. The van der Waals surface area contributed by atoms with Gasteiger partial charge >= 0.3 is 0 Å². The van der Waals surface area contributed by atoms with Gasteiger partial charge in [-0.25, -0.2) is 0 Å². The van der Waals surface area contributed by atoms with Gasteiger partial charge in [-0.1, -0.05) is 31.2 Å². The van der Waals surface area contributed by atoms with Gasteiger partial charge in [0.25, 0.3) is 0 Å². The molecule has 92 valence electrons. The molecule has 0 fully saturated rings. The van der Waals surface area contributed by atoms with Crippen molar-refractivity contribution < 1.29 is 4.79 Å². The molecule has 0 amide bonds. The summed E-state index contributed by atoms with van der Waals surface area (Å²) in [6.45, 7) is 5.81. The van der Waals surface area contributed by atoms with Crippen LogP contribution in [0.25, 0.3) is 10.9 Å². The molecule has 0 saturated carbocycles. The highest BCUT2D eigenvalue weighted by Crippen LogP contribution is 2.19. The molecule has 2 heteroatoms. The number of ketones is 1. The van der Waals surface area contributed by atoms with Gasteiger partial charge in [-0.15, -0.1) is 6.58 Å². The van der Waals surface area contributed by atoms with Crippen molar-refractivity contribution in [3.63, 3.8) is 0 Å². The predicted molar refractivity (Wildman–Crippen MR) is 74.7 cm³/mol. The molecule has 0 saturated heterocycles. The lowest BCUT2D eigenvalue weighted by atomic mass is 9.98. The summed E-state index contributed by atoms with van der Waals surface area (Å²) >= 11 is 0. The Morgan fingerprint density at radius 2 is 2.17 bits per heavy atom. The average molecular weight is 239 g/mol. The molecule has 18 heavy (non-hydrogen) atoms. The Kier molecular flexibility index (Phi) is 3.88. The molecule has 1 aromatic heterocycles. The summed E-state index contributed by atoms with van der Waals surface area (Å²) in [4.78, 5) is 16.5. The highest BCUT2D eigenvalue weighted by molar-refractivity contribution is 6.06. The third-order valence-electron chi connectivity index (χ3n) is 3.16. The molecule has 2 nitrogen and oxygen atoms in total. The summed E-state index contributed by atoms with van der Waals surface area (Å²) in [6, 6.07) is 9.61. The first-order valence-electron chi connectivity index (χ1n) is 6.22. The van der Waals surface area contributed by atoms with Crippen LogP contribution in [0.2, 0.25) is 0 Å². The van der Waals surface area contributed by atoms with E-state index < -0.39 is 0 Å². The fraction of sp³-hybridized carbons (Fsp3) is 0.250. The molecule has 0 bridgehead atoms. The highest BCUT2D eigenvalue weighted by Gasteiger charge is 2.11. The second-order valence-electron chi connectivity index (χ2n) is 4.56. The maximum Gasteiger partial charge on any atom is 0.165 e. The Labute approximate surface area is 107 Å². The first kappa shape index (κ1) is 12.5. The molecular weight excluding hydrogens is 222 g/mol. The minimum atomic E-state index is 0.160. The van der Waals surface area contributed by atoms with Crippen LogP contribution < -0.4 is 0 Å². The number of para-hydroxylation sites is 1. The van der Waals surface area contributed by atoms with E-state index in [1.807, 2.05) is 36.4 Å². The molecule has 2 aromatic rings. The Bertz CT molecular complexity index is 569. The van der Waals surface area contributed by atoms with E-state index in [2.05, 4.69) is 18.5 Å². The maximum absolute atomic E-state index is 12.2. The van der Waals surface area contributed by atoms with E-state index in [1.165, 1.54) is 0 Å². The minimum Gasteiger partial charge on any atom is -0.294 e. The number of pyridine rings is 1. The van der Waals surface area contributed by atoms with E-state index in [9.17, 15) is 4.79 Å². The smallest absolute Gasteiger partial charge is 0.165 e. The number of Topliss-reactive ketones (excluding diaryl/α,β-unsaturated/α-hetero) is 1. The Balaban J connectivity index is 2.25. The molecular formula is C16H17NO. The Morgan fingerprint density at radius 1 is 1.39 bits per heavy atom. The SMILES string of the molecule is C=CC(C)CCC(=O)c1cccc2cccnc12. The van der Waals surface area contributed by atoms with E-state index in [0.29, 0.717) is 12.3 Å². The largest absolute Gasteiger partial charge is 0.294 e. The van der Waals surface area contributed by atoms with Crippen LogP contribution in [0.1, 0.15) is 30.1 Å². The van der Waals surface area contributed by atoms with Crippen LogP contribution in [0, 0.1) is 5.92 Å². The first-order valence-corrected chi connectivity index (χ1v) is 6.22. The number of rotatable bonds is 5. The van der Waals surface area contributed by atoms with Crippen molar-refractivity contribution in [2.45, 2.75) is 19.8 Å². The molecule has 0 N–H and O–H groups in total. The summed E-state index contributed by atoms with van der Waals surface area (Å²) in [5.41, 5.74) is 1.53. The third kappa shape index (κ3) is 2.65. The van der Waals surface area contributed by atoms with Crippen molar-refractivity contribution in [3.05, 3.63) is 54.7 Å². The number of aromatic nitrogens is 1. The Hall–Kier alpha value is -1.96. The zero-order valence-electron chi connectivity index (χ0n) is 10.6. The molecule has 1 heterocycles. The second-order valence-corrected chi connectivity index (χ2v) is 4.56. The van der Waals surface area contributed by atoms with Gasteiger partial charge in [0.15, 0.2) is 5.78 Å². The molecule has 0 aliphatic rings. The van der Waals surface area contributed by atoms with Crippen molar-refractivity contribution in [2.75, 3.05) is 0 Å². The van der Waals surface area contributed by atoms with Crippen molar-refractivity contribution in [3.8, 4) is 0 Å². The Morgan fingerprint density at radius 3 is 2.94 bits per heavy atom. The van der Waals surface area contributed by atoms with Gasteiger partial charge in [0.2, 0.25) is 0 Å². The van der Waals surface area contributed by atoms with Crippen LogP contribution in [0.4, 0.5) is 0 Å². The van der Waals surface area contributed by atoms with Crippen LogP contribution in [-0.2, 0) is 0 Å². The van der Waals surface area contributed by atoms with Crippen molar-refractivity contribution in [2.24, 2.45) is 5.92 Å². The molecule has 1 atom stereocenters. The molecule has 0 spiro atoms. The van der Waals surface area contributed by atoms with E-state index >= 15 is 0 Å². The second kappa shape index (κ2) is 5.58. The number of carbonyl (C=O) groups excluding carboxylic acids is 1. The highest BCUT2D eigenvalue weighted by atomic mass is 16.1. The van der Waals surface area contributed by atoms with Gasteiger partial charge in [-0.05, 0) is 24.5 Å². The lowest BCUT2D eigenvalue weighted by molar-refractivity contribution is 0.0978. The number of benzene rings is 1. The van der Waals surface area contributed by atoms with Crippen LogP contribution >= 0.6 is 0 Å². The molecule has 0 radical (unpaired) electrons. The minimum absolute atomic E-state index is 0.160. The van der Waals surface area contributed by atoms with Gasteiger partial charge < -0.3 is 0 Å². The zero-order chi connectivity index (χ0) is 13.0. The number of allylic oxidation sites excluding steroid dienone is 1. The van der Waals surface area contributed by atoms with Gasteiger partial charge in [0.1, 0.15) is 0 Å². The summed E-state index contributed by atoms with van der Waals surface area (Å²) < 4.78 is 0. The van der Waals surface area contributed by atoms with Gasteiger partial charge in [-0.3, -0.25) is 9.78 Å². The number of fused-ring (bicyclic) bond motifs is 1. The summed E-state index contributed by atoms with van der Waals surface area (Å²) in [7, 11) is 0. The number of hydrogen-bond acceptors (Lipinski definition) is 2. The van der Waals surface area contributed by atoms with Gasteiger partial charge in [0.05, 0.1) is 5.52 Å². The van der Waals surface area contributed by atoms with E-state index in [-0.39, 0.29) is 5.78 Å². The van der Waals surface area contributed by atoms with Crippen LogP contribution in [0.3, 0.4) is 0 Å². The molecule has 0 aliphatic heterocycles. The molecule has 1 unspecified atom stereocenters. The number of carbonyl (C=O) groups is 1. The molecule has 2 rings (SSSR count). The topological polar surface area (TPSA) is 30.0 Å². The lowest BCUT2D eigenvalue weighted by Crippen LogP contribution is -2.03.